The Morgan fingerprint density at radius 2 is 1.34 bits per heavy atom. The number of oxazole rings is 1. The Kier molecular flexibility index (Phi) is 7.76. The molecule has 3 heterocycles. The summed E-state index contributed by atoms with van der Waals surface area (Å²) >= 11 is 6.11. The largest absolute Gasteiger partial charge is 0.486 e. The molecule has 4 aromatic carbocycles. The van der Waals surface area contributed by atoms with Gasteiger partial charge in [-0.2, -0.15) is 4.98 Å². The molecule has 0 amide bonds. The molecule has 7 rings (SSSR count). The summed E-state index contributed by atoms with van der Waals surface area (Å²) in [6.45, 7) is 3.25. The molecule has 0 saturated carbocycles. The number of benzene rings is 4. The van der Waals surface area contributed by atoms with Crippen LogP contribution in [0.5, 0.6) is 11.5 Å². The van der Waals surface area contributed by atoms with Gasteiger partial charge in [0.25, 0.3) is 0 Å². The third-order valence-electron chi connectivity index (χ3n) is 7.95. The van der Waals surface area contributed by atoms with Crippen molar-refractivity contribution in [2.75, 3.05) is 44.3 Å². The predicted octanol–water partition coefficient (Wildman–Crippen LogP) is 6.51. The number of halogens is 1. The number of piperazine rings is 1. The SMILES string of the molecule is O=S(=O)(c1ccc2c(c1)OCCO2)c1nc(-c2ccc(Cl)cc2)oc1N1CCN(C(c2ccccc2)c2ccccc2)CC1. The van der Waals surface area contributed by atoms with Crippen LogP contribution in [0.2, 0.25) is 5.02 Å². The molecule has 1 aromatic heterocycles. The van der Waals surface area contributed by atoms with Gasteiger partial charge in [0.15, 0.2) is 11.5 Å². The van der Waals surface area contributed by atoms with E-state index in [4.69, 9.17) is 25.5 Å². The van der Waals surface area contributed by atoms with Crippen LogP contribution in [-0.2, 0) is 9.84 Å². The molecule has 0 aliphatic carbocycles. The van der Waals surface area contributed by atoms with Crippen LogP contribution in [0, 0.1) is 0 Å². The lowest BCUT2D eigenvalue weighted by Gasteiger charge is -2.39. The molecule has 0 spiro atoms. The first-order valence-corrected chi connectivity index (χ1v) is 16.3. The maximum absolute atomic E-state index is 14.1. The van der Waals surface area contributed by atoms with Crippen molar-refractivity contribution in [2.45, 2.75) is 16.0 Å². The fraction of sp³-hybridized carbons (Fsp3) is 0.206. The molecule has 1 fully saturated rings. The topological polar surface area (TPSA) is 85.1 Å². The normalized spacial score (nSPS) is 15.5. The highest BCUT2D eigenvalue weighted by Gasteiger charge is 2.35. The molecule has 224 valence electrons. The van der Waals surface area contributed by atoms with Gasteiger partial charge in [0, 0.05) is 42.8 Å². The molecule has 0 radical (unpaired) electrons. The van der Waals surface area contributed by atoms with Crippen molar-refractivity contribution in [1.29, 1.82) is 0 Å². The minimum absolute atomic E-state index is 0.0609. The molecule has 0 N–H and O–H groups in total. The summed E-state index contributed by atoms with van der Waals surface area (Å²) in [5, 5.41) is 0.433. The molecule has 0 atom stereocenters. The number of sulfone groups is 1. The summed E-state index contributed by atoms with van der Waals surface area (Å²) in [5.74, 6) is 1.34. The number of aromatic nitrogens is 1. The van der Waals surface area contributed by atoms with E-state index in [1.54, 1.807) is 30.3 Å². The number of fused-ring (bicyclic) bond motifs is 1. The average molecular weight is 628 g/mol. The Labute approximate surface area is 261 Å². The lowest BCUT2D eigenvalue weighted by atomic mass is 9.96. The molecule has 1 saturated heterocycles. The van der Waals surface area contributed by atoms with Crippen molar-refractivity contribution in [3.8, 4) is 23.0 Å². The minimum Gasteiger partial charge on any atom is -0.486 e. The number of nitrogens with zero attached hydrogens (tertiary/aromatic N) is 3. The first-order chi connectivity index (χ1) is 21.5. The summed E-state index contributed by atoms with van der Waals surface area (Å²) in [7, 11) is -4.09. The van der Waals surface area contributed by atoms with E-state index in [1.165, 1.54) is 23.3 Å². The summed E-state index contributed by atoms with van der Waals surface area (Å²) < 4.78 is 45.9. The van der Waals surface area contributed by atoms with E-state index in [-0.39, 0.29) is 27.7 Å². The van der Waals surface area contributed by atoms with Crippen molar-refractivity contribution in [3.63, 3.8) is 0 Å². The number of hydrogen-bond acceptors (Lipinski definition) is 8. The molecular weight excluding hydrogens is 598 g/mol. The zero-order valence-corrected chi connectivity index (χ0v) is 25.4. The highest BCUT2D eigenvalue weighted by molar-refractivity contribution is 7.91. The van der Waals surface area contributed by atoms with Crippen LogP contribution in [0.4, 0.5) is 5.88 Å². The smallest absolute Gasteiger partial charge is 0.236 e. The molecule has 0 bridgehead atoms. The maximum Gasteiger partial charge on any atom is 0.236 e. The first kappa shape index (κ1) is 28.5. The van der Waals surface area contributed by atoms with Crippen molar-refractivity contribution >= 4 is 27.3 Å². The second-order valence-electron chi connectivity index (χ2n) is 10.7. The van der Waals surface area contributed by atoms with E-state index in [1.807, 2.05) is 17.0 Å². The van der Waals surface area contributed by atoms with Gasteiger partial charge in [-0.1, -0.05) is 72.3 Å². The number of rotatable bonds is 7. The van der Waals surface area contributed by atoms with Crippen molar-refractivity contribution < 1.29 is 22.3 Å². The van der Waals surface area contributed by atoms with E-state index in [9.17, 15) is 8.42 Å². The first-order valence-electron chi connectivity index (χ1n) is 14.5. The van der Waals surface area contributed by atoms with Crippen LogP contribution in [0.15, 0.2) is 117 Å². The van der Waals surface area contributed by atoms with Gasteiger partial charge >= 0.3 is 0 Å². The molecule has 10 heteroatoms. The highest BCUT2D eigenvalue weighted by Crippen LogP contribution is 2.39. The lowest BCUT2D eigenvalue weighted by Crippen LogP contribution is -2.48. The zero-order chi connectivity index (χ0) is 30.1. The van der Waals surface area contributed by atoms with Crippen molar-refractivity contribution in [1.82, 2.24) is 9.88 Å². The van der Waals surface area contributed by atoms with Gasteiger partial charge in [-0.15, -0.1) is 0 Å². The van der Waals surface area contributed by atoms with Gasteiger partial charge in [0.1, 0.15) is 13.2 Å². The predicted molar refractivity (Wildman–Crippen MR) is 168 cm³/mol. The summed E-state index contributed by atoms with van der Waals surface area (Å²) in [6.07, 6.45) is 0. The zero-order valence-electron chi connectivity index (χ0n) is 23.8. The Hall–Kier alpha value is -4.31. The summed E-state index contributed by atoms with van der Waals surface area (Å²) in [5.41, 5.74) is 3.04. The standard InChI is InChI=1S/C34H30ClN3O5S/c35-27-13-11-26(12-14-27)32-36-33(44(39,40)28-15-16-29-30(23-28)42-22-21-41-29)34(43-32)38-19-17-37(18-20-38)31(24-7-3-1-4-8-24)25-9-5-2-6-10-25/h1-16,23,31H,17-22H2. The molecule has 44 heavy (non-hydrogen) atoms. The van der Waals surface area contributed by atoms with Crippen LogP contribution in [0.3, 0.4) is 0 Å². The quantitative estimate of drug-likeness (QED) is 0.202. The third kappa shape index (κ3) is 5.54. The van der Waals surface area contributed by atoms with Crippen LogP contribution in [-0.4, -0.2) is 57.7 Å². The molecule has 0 unspecified atom stereocenters. The van der Waals surface area contributed by atoms with Crippen LogP contribution < -0.4 is 14.4 Å². The van der Waals surface area contributed by atoms with E-state index in [2.05, 4.69) is 58.4 Å². The Balaban J connectivity index is 1.23. The van der Waals surface area contributed by atoms with Gasteiger partial charge in [0.2, 0.25) is 26.6 Å². The van der Waals surface area contributed by atoms with Gasteiger partial charge in [-0.25, -0.2) is 8.42 Å². The second kappa shape index (κ2) is 12.0. The molecule has 5 aromatic rings. The lowest BCUT2D eigenvalue weighted by molar-refractivity contribution is 0.171. The monoisotopic (exact) mass is 627 g/mol. The Bertz CT molecular complexity index is 1820. The molecule has 2 aliphatic rings. The van der Waals surface area contributed by atoms with E-state index in [0.29, 0.717) is 61.5 Å². The van der Waals surface area contributed by atoms with Crippen molar-refractivity contribution in [3.05, 3.63) is 119 Å². The van der Waals surface area contributed by atoms with Gasteiger partial charge < -0.3 is 18.8 Å². The van der Waals surface area contributed by atoms with Crippen LogP contribution in [0.1, 0.15) is 17.2 Å². The van der Waals surface area contributed by atoms with Gasteiger partial charge in [0.05, 0.1) is 10.9 Å². The van der Waals surface area contributed by atoms with Crippen LogP contribution in [0.25, 0.3) is 11.5 Å². The molecule has 2 aliphatic heterocycles. The third-order valence-corrected chi connectivity index (χ3v) is 9.85. The van der Waals surface area contributed by atoms with Crippen LogP contribution >= 0.6 is 11.6 Å². The average Bonchev–Trinajstić information content (AvgIpc) is 3.53. The van der Waals surface area contributed by atoms with Gasteiger partial charge in [-0.3, -0.25) is 4.90 Å². The molecule has 8 nitrogen and oxygen atoms in total. The highest BCUT2D eigenvalue weighted by atomic mass is 35.5. The van der Waals surface area contributed by atoms with Crippen molar-refractivity contribution in [2.24, 2.45) is 0 Å². The summed E-state index contributed by atoms with van der Waals surface area (Å²) in [6, 6.07) is 32.6. The van der Waals surface area contributed by atoms with E-state index in [0.717, 1.165) is 0 Å². The molecular formula is C34H30ClN3O5S. The maximum atomic E-state index is 14.1. The number of ether oxygens (including phenoxy) is 2. The Morgan fingerprint density at radius 1 is 0.727 bits per heavy atom. The Morgan fingerprint density at radius 3 is 1.98 bits per heavy atom. The minimum atomic E-state index is -4.09. The van der Waals surface area contributed by atoms with E-state index >= 15 is 0 Å². The number of anilines is 1. The van der Waals surface area contributed by atoms with Gasteiger partial charge in [-0.05, 0) is 47.5 Å². The summed E-state index contributed by atoms with van der Waals surface area (Å²) in [4.78, 5) is 9.03. The second-order valence-corrected chi connectivity index (χ2v) is 13.0. The van der Waals surface area contributed by atoms with E-state index < -0.39 is 9.84 Å². The number of hydrogen-bond donors (Lipinski definition) is 0. The fourth-order valence-corrected chi connectivity index (χ4v) is 7.22. The fourth-order valence-electron chi connectivity index (χ4n) is 5.76.